The number of rotatable bonds is 16. The van der Waals surface area contributed by atoms with Gasteiger partial charge in [-0.05, 0) is 23.0 Å². The summed E-state index contributed by atoms with van der Waals surface area (Å²) >= 11 is 33.3. The Morgan fingerprint density at radius 3 is 1.17 bits per heavy atom. The van der Waals surface area contributed by atoms with E-state index in [4.69, 9.17) is 0 Å². The van der Waals surface area contributed by atoms with Gasteiger partial charge in [0.25, 0.3) is 0 Å². The Labute approximate surface area is 200 Å². The average molecular weight is 521 g/mol. The van der Waals surface area contributed by atoms with Crippen LogP contribution in [0.25, 0.3) is 0 Å². The Balaban J connectivity index is 0. The van der Waals surface area contributed by atoms with Crippen LogP contribution in [-0.2, 0) is 0 Å². The highest BCUT2D eigenvalue weighted by atomic mass is 32.2. The fourth-order valence-corrected chi connectivity index (χ4v) is 7.75. The first-order valence-corrected chi connectivity index (χ1v) is 15.9. The topological polar surface area (TPSA) is 0 Å². The number of hydrogen-bond acceptors (Lipinski definition) is 10. The third-order valence-electron chi connectivity index (χ3n) is 2.38. The molecular formula is C14H32S10. The Hall–Kier alpha value is 3.50. The van der Waals surface area contributed by atoms with Gasteiger partial charge in [-0.3, -0.25) is 0 Å². The summed E-state index contributed by atoms with van der Waals surface area (Å²) in [4.78, 5) is 0. The van der Waals surface area contributed by atoms with Crippen molar-refractivity contribution in [1.82, 2.24) is 0 Å². The lowest BCUT2D eigenvalue weighted by Crippen LogP contribution is -2.14. The van der Waals surface area contributed by atoms with Crippen molar-refractivity contribution < 1.29 is 0 Å². The van der Waals surface area contributed by atoms with E-state index in [1.807, 2.05) is 47.0 Å². The summed E-state index contributed by atoms with van der Waals surface area (Å²) in [5.41, 5.74) is 0. The fraction of sp³-hybridized carbons (Fsp3) is 1.00. The molecule has 0 nitrogen and oxygen atoms in total. The summed E-state index contributed by atoms with van der Waals surface area (Å²) in [7, 11) is 0. The molecule has 148 valence electrons. The van der Waals surface area contributed by atoms with E-state index in [1.54, 1.807) is 0 Å². The van der Waals surface area contributed by atoms with Gasteiger partial charge in [0.2, 0.25) is 0 Å². The summed E-state index contributed by atoms with van der Waals surface area (Å²) in [6.07, 6.45) is 0. The van der Waals surface area contributed by atoms with Crippen molar-refractivity contribution in [1.29, 1.82) is 0 Å². The monoisotopic (exact) mass is 520 g/mol. The molecule has 0 bridgehead atoms. The van der Waals surface area contributed by atoms with E-state index in [2.05, 4.69) is 75.8 Å². The standard InChI is InChI=1S/C10H22S7.C4H10S3/c11-1-3-16-9(5-13)7-15-8-10(6-14)17-4-2-12;5-1-3-7-4-2-6/h9-14H,1-8H2;5-6H,1-4H2. The molecule has 0 saturated heterocycles. The number of hydrogen-bond donors (Lipinski definition) is 6. The molecule has 0 saturated carbocycles. The maximum atomic E-state index is 4.40. The van der Waals surface area contributed by atoms with Crippen molar-refractivity contribution >= 4 is 123 Å². The van der Waals surface area contributed by atoms with Gasteiger partial charge < -0.3 is 0 Å². The largest absolute Gasteiger partial charge is 0.179 e. The third-order valence-corrected chi connectivity index (χ3v) is 11.0. The lowest BCUT2D eigenvalue weighted by molar-refractivity contribution is 1.12. The van der Waals surface area contributed by atoms with E-state index >= 15 is 0 Å². The highest BCUT2D eigenvalue weighted by molar-refractivity contribution is 8.05. The Bertz CT molecular complexity index is 200. The molecule has 2 unspecified atom stereocenters. The molecule has 0 amide bonds. The minimum atomic E-state index is 0.658. The van der Waals surface area contributed by atoms with Crippen molar-refractivity contribution in [2.24, 2.45) is 0 Å². The molecule has 0 rings (SSSR count). The van der Waals surface area contributed by atoms with Crippen LogP contribution in [0.2, 0.25) is 0 Å². The van der Waals surface area contributed by atoms with Crippen molar-refractivity contribution in [3.63, 3.8) is 0 Å². The van der Waals surface area contributed by atoms with E-state index in [0.29, 0.717) is 10.5 Å². The lowest BCUT2D eigenvalue weighted by Gasteiger charge is -2.16. The smallest absolute Gasteiger partial charge is 0.0226 e. The highest BCUT2D eigenvalue weighted by Gasteiger charge is 2.10. The number of thiol groups is 6. The molecule has 0 radical (unpaired) electrons. The van der Waals surface area contributed by atoms with Gasteiger partial charge in [-0.1, -0.05) is 0 Å². The quantitative estimate of drug-likeness (QED) is 0.122. The molecule has 24 heavy (non-hydrogen) atoms. The molecule has 0 heterocycles. The van der Waals surface area contributed by atoms with Gasteiger partial charge in [0.1, 0.15) is 0 Å². The first-order valence-electron chi connectivity index (χ1n) is 7.73. The van der Waals surface area contributed by atoms with Crippen molar-refractivity contribution in [3.8, 4) is 0 Å². The minimum Gasteiger partial charge on any atom is -0.179 e. The molecule has 0 fully saturated rings. The highest BCUT2D eigenvalue weighted by Crippen LogP contribution is 2.22. The predicted octanol–water partition coefficient (Wildman–Crippen LogP) is 5.22. The van der Waals surface area contributed by atoms with Gasteiger partial charge >= 0.3 is 0 Å². The van der Waals surface area contributed by atoms with Crippen LogP contribution in [0.1, 0.15) is 0 Å². The van der Waals surface area contributed by atoms with E-state index < -0.39 is 0 Å². The molecule has 0 aromatic rings. The minimum absolute atomic E-state index is 0.658. The second-order valence-electron chi connectivity index (χ2n) is 4.40. The normalized spacial score (nSPS) is 13.2. The lowest BCUT2D eigenvalue weighted by atomic mass is 10.5. The summed E-state index contributed by atoms with van der Waals surface area (Å²) < 4.78 is 0. The molecule has 0 aromatic heterocycles. The zero-order chi connectivity index (χ0) is 18.5. The molecule has 0 aliphatic rings. The van der Waals surface area contributed by atoms with Crippen molar-refractivity contribution in [2.45, 2.75) is 10.5 Å². The van der Waals surface area contributed by atoms with Crippen LogP contribution in [-0.4, -0.2) is 79.5 Å². The Kier molecular flexibility index (Phi) is 32.8. The van der Waals surface area contributed by atoms with Gasteiger partial charge in [-0.15, -0.1) is 0 Å². The Morgan fingerprint density at radius 1 is 0.500 bits per heavy atom. The SMILES string of the molecule is SCCSC(CS)CSCC(CS)SCCS.SCCSCCS. The van der Waals surface area contributed by atoms with Crippen LogP contribution in [0.5, 0.6) is 0 Å². The molecule has 2 atom stereocenters. The molecule has 0 spiro atoms. The molecule has 0 aliphatic heterocycles. The zero-order valence-electron chi connectivity index (χ0n) is 14.0. The summed E-state index contributed by atoms with van der Waals surface area (Å²) in [5.74, 6) is 12.7. The van der Waals surface area contributed by atoms with Crippen molar-refractivity contribution in [3.05, 3.63) is 0 Å². The van der Waals surface area contributed by atoms with Crippen LogP contribution in [0, 0.1) is 0 Å². The first-order chi connectivity index (χ1) is 11.7. The van der Waals surface area contributed by atoms with Gasteiger partial charge in [-0.2, -0.15) is 123 Å². The van der Waals surface area contributed by atoms with E-state index in [1.165, 1.54) is 11.5 Å². The first kappa shape index (κ1) is 29.7. The van der Waals surface area contributed by atoms with E-state index in [-0.39, 0.29) is 0 Å². The predicted molar refractivity (Wildman–Crippen MR) is 150 cm³/mol. The average Bonchev–Trinajstić information content (AvgIpc) is 2.61. The molecular weight excluding hydrogens is 489 g/mol. The van der Waals surface area contributed by atoms with E-state index in [0.717, 1.165) is 57.5 Å². The molecule has 0 N–H and O–H groups in total. The molecule has 0 aliphatic carbocycles. The number of thioether (sulfide) groups is 4. The summed E-state index contributed by atoms with van der Waals surface area (Å²) in [6.45, 7) is 0. The molecule has 0 aromatic carbocycles. The van der Waals surface area contributed by atoms with Crippen LogP contribution in [0.4, 0.5) is 0 Å². The summed E-state index contributed by atoms with van der Waals surface area (Å²) in [5, 5.41) is 1.32. The summed E-state index contributed by atoms with van der Waals surface area (Å²) in [6, 6.07) is 0. The third kappa shape index (κ3) is 23.5. The van der Waals surface area contributed by atoms with Gasteiger partial charge in [-0.25, -0.2) is 0 Å². The van der Waals surface area contributed by atoms with Crippen LogP contribution in [0.3, 0.4) is 0 Å². The fourth-order valence-electron chi connectivity index (χ4n) is 1.31. The van der Waals surface area contributed by atoms with E-state index in [9.17, 15) is 0 Å². The maximum Gasteiger partial charge on any atom is 0.0226 e. The van der Waals surface area contributed by atoms with Crippen LogP contribution < -0.4 is 0 Å². The van der Waals surface area contributed by atoms with Crippen LogP contribution in [0.15, 0.2) is 0 Å². The van der Waals surface area contributed by atoms with Crippen molar-refractivity contribution in [2.75, 3.05) is 69.0 Å². The maximum absolute atomic E-state index is 4.40. The van der Waals surface area contributed by atoms with Gasteiger partial charge in [0.05, 0.1) is 0 Å². The van der Waals surface area contributed by atoms with Gasteiger partial charge in [0, 0.05) is 56.5 Å². The van der Waals surface area contributed by atoms with Crippen LogP contribution >= 0.6 is 123 Å². The Morgan fingerprint density at radius 2 is 0.875 bits per heavy atom. The molecule has 10 heteroatoms. The zero-order valence-corrected chi connectivity index (χ0v) is 22.6. The van der Waals surface area contributed by atoms with Gasteiger partial charge in [0.15, 0.2) is 0 Å². The second kappa shape index (κ2) is 26.5. The second-order valence-corrected chi connectivity index (χ2v) is 12.0.